The molecule has 0 aliphatic carbocycles. The number of nitriles is 1. The van der Waals surface area contributed by atoms with Crippen molar-refractivity contribution in [3.05, 3.63) is 11.8 Å². The Labute approximate surface area is 129 Å². The number of nitrogens with one attached hydrogen (secondary N) is 1. The van der Waals surface area contributed by atoms with Crippen LogP contribution < -0.4 is 5.32 Å². The Kier molecular flexibility index (Phi) is 4.83. The molecule has 8 nitrogen and oxygen atoms in total. The van der Waals surface area contributed by atoms with E-state index in [0.29, 0.717) is 17.9 Å². The van der Waals surface area contributed by atoms with Crippen LogP contribution in [0.25, 0.3) is 0 Å². The van der Waals surface area contributed by atoms with Crippen LogP contribution in [-0.4, -0.2) is 60.6 Å². The van der Waals surface area contributed by atoms with E-state index in [0.717, 1.165) is 0 Å². The van der Waals surface area contributed by atoms with Crippen molar-refractivity contribution in [1.29, 1.82) is 5.26 Å². The highest BCUT2D eigenvalue weighted by atomic mass is 32.2. The van der Waals surface area contributed by atoms with Gasteiger partial charge in [-0.1, -0.05) is 0 Å². The number of anilines is 1. The highest BCUT2D eigenvalue weighted by molar-refractivity contribution is 7.91. The molecule has 1 unspecified atom stereocenters. The molecule has 1 atom stereocenters. The summed E-state index contributed by atoms with van der Waals surface area (Å²) >= 11 is 0. The molecule has 9 heteroatoms. The summed E-state index contributed by atoms with van der Waals surface area (Å²) in [5.74, 6) is 0.426. The van der Waals surface area contributed by atoms with E-state index in [1.54, 1.807) is 29.6 Å². The van der Waals surface area contributed by atoms with Gasteiger partial charge in [0.1, 0.15) is 5.82 Å². The maximum absolute atomic E-state index is 12.0. The molecule has 0 spiro atoms. The van der Waals surface area contributed by atoms with Crippen molar-refractivity contribution in [2.45, 2.75) is 19.4 Å². The Morgan fingerprint density at radius 2 is 2.36 bits per heavy atom. The third kappa shape index (κ3) is 4.05. The number of likely N-dealkylation sites (N-methyl/N-ethyl adjacent to an activating group) is 1. The summed E-state index contributed by atoms with van der Waals surface area (Å²) in [7, 11) is -1.35. The van der Waals surface area contributed by atoms with E-state index in [2.05, 4.69) is 10.4 Å². The molecule has 0 radical (unpaired) electrons. The first-order valence-corrected chi connectivity index (χ1v) is 8.75. The van der Waals surface area contributed by atoms with E-state index in [-0.39, 0.29) is 36.5 Å². The summed E-state index contributed by atoms with van der Waals surface area (Å²) in [5, 5.41) is 15.6. The first-order valence-electron chi connectivity index (χ1n) is 6.92. The maximum Gasteiger partial charge on any atom is 0.239 e. The lowest BCUT2D eigenvalue weighted by Crippen LogP contribution is -2.31. The van der Waals surface area contributed by atoms with Gasteiger partial charge in [0.2, 0.25) is 5.91 Å². The number of aromatic nitrogens is 2. The van der Waals surface area contributed by atoms with Gasteiger partial charge in [0.15, 0.2) is 9.84 Å². The van der Waals surface area contributed by atoms with Crippen molar-refractivity contribution in [1.82, 2.24) is 14.7 Å². The van der Waals surface area contributed by atoms with E-state index < -0.39 is 9.84 Å². The SMILES string of the molecule is Cc1cc(NC(=O)CN(C)CC#N)n(C2CCS(=O)(=O)C2)n1. The number of rotatable bonds is 5. The van der Waals surface area contributed by atoms with E-state index in [1.807, 2.05) is 6.07 Å². The minimum atomic E-state index is -3.02. The molecule has 1 N–H and O–H groups in total. The van der Waals surface area contributed by atoms with Gasteiger partial charge in [-0.05, 0) is 20.4 Å². The molecular weight excluding hydrogens is 306 g/mol. The number of carbonyl (C=O) groups is 1. The van der Waals surface area contributed by atoms with Gasteiger partial charge in [0.25, 0.3) is 0 Å². The predicted molar refractivity (Wildman–Crippen MR) is 81.0 cm³/mol. The smallest absolute Gasteiger partial charge is 0.239 e. The quantitative estimate of drug-likeness (QED) is 0.760. The van der Waals surface area contributed by atoms with Crippen LogP contribution in [0.2, 0.25) is 0 Å². The highest BCUT2D eigenvalue weighted by Crippen LogP contribution is 2.27. The standard InChI is InChI=1S/C13H19N5O3S/c1-10-7-12(15-13(19)8-17(2)5-4-14)18(16-10)11-3-6-22(20,21)9-11/h7,11H,3,5-6,8-9H2,1-2H3,(H,15,19). The Bertz CT molecular complexity index is 704. The van der Waals surface area contributed by atoms with Gasteiger partial charge >= 0.3 is 0 Å². The molecule has 1 fully saturated rings. The highest BCUT2D eigenvalue weighted by Gasteiger charge is 2.31. The molecule has 1 aliphatic rings. The molecule has 1 aromatic heterocycles. The molecule has 1 aromatic rings. The van der Waals surface area contributed by atoms with Crippen LogP contribution in [-0.2, 0) is 14.6 Å². The Morgan fingerprint density at radius 1 is 1.64 bits per heavy atom. The van der Waals surface area contributed by atoms with E-state index in [4.69, 9.17) is 5.26 Å². The summed E-state index contributed by atoms with van der Waals surface area (Å²) in [5.41, 5.74) is 0.713. The second kappa shape index (κ2) is 6.46. The zero-order valence-electron chi connectivity index (χ0n) is 12.6. The van der Waals surface area contributed by atoms with Crippen LogP contribution in [0.1, 0.15) is 18.2 Å². The lowest BCUT2D eigenvalue weighted by molar-refractivity contribution is -0.116. The van der Waals surface area contributed by atoms with Gasteiger partial charge < -0.3 is 5.32 Å². The summed E-state index contributed by atoms with van der Waals surface area (Å²) in [6, 6.07) is 3.44. The Balaban J connectivity index is 2.09. The monoisotopic (exact) mass is 325 g/mol. The van der Waals surface area contributed by atoms with Crippen molar-refractivity contribution in [2.75, 3.05) is 37.0 Å². The molecule has 1 aliphatic heterocycles. The lowest BCUT2D eigenvalue weighted by Gasteiger charge is -2.15. The van der Waals surface area contributed by atoms with E-state index in [9.17, 15) is 13.2 Å². The zero-order valence-corrected chi connectivity index (χ0v) is 13.4. The number of hydrogen-bond acceptors (Lipinski definition) is 6. The zero-order chi connectivity index (χ0) is 16.3. The van der Waals surface area contributed by atoms with E-state index >= 15 is 0 Å². The topological polar surface area (TPSA) is 108 Å². The van der Waals surface area contributed by atoms with E-state index in [1.165, 1.54) is 0 Å². The fourth-order valence-electron chi connectivity index (χ4n) is 2.46. The maximum atomic E-state index is 12.0. The fraction of sp³-hybridized carbons (Fsp3) is 0.615. The molecule has 1 saturated heterocycles. The largest absolute Gasteiger partial charge is 0.310 e. The van der Waals surface area contributed by atoms with Gasteiger partial charge in [-0.3, -0.25) is 9.69 Å². The average molecular weight is 325 g/mol. The van der Waals surface area contributed by atoms with Crippen molar-refractivity contribution >= 4 is 21.6 Å². The number of sulfone groups is 1. The summed E-state index contributed by atoms with van der Waals surface area (Å²) in [6.45, 7) is 2.03. The second-order valence-corrected chi connectivity index (χ2v) is 7.78. The summed E-state index contributed by atoms with van der Waals surface area (Å²) in [4.78, 5) is 13.6. The number of carbonyl (C=O) groups excluding carboxylic acids is 1. The second-order valence-electron chi connectivity index (χ2n) is 5.55. The van der Waals surface area contributed by atoms with Gasteiger partial charge in [-0.15, -0.1) is 0 Å². The third-order valence-electron chi connectivity index (χ3n) is 3.43. The molecule has 0 aromatic carbocycles. The van der Waals surface area contributed by atoms with Gasteiger partial charge in [-0.25, -0.2) is 13.1 Å². The van der Waals surface area contributed by atoms with Gasteiger partial charge in [-0.2, -0.15) is 10.4 Å². The fourth-order valence-corrected chi connectivity index (χ4v) is 4.15. The average Bonchev–Trinajstić information content (AvgIpc) is 2.92. The molecule has 1 amide bonds. The molecule has 2 heterocycles. The summed E-state index contributed by atoms with van der Waals surface area (Å²) in [6.07, 6.45) is 0.501. The van der Waals surface area contributed by atoms with Crippen molar-refractivity contribution in [3.8, 4) is 6.07 Å². The Hall–Kier alpha value is -1.92. The molecule has 2 rings (SSSR count). The van der Waals surface area contributed by atoms with Crippen LogP contribution in [0.5, 0.6) is 0 Å². The van der Waals surface area contributed by atoms with Crippen molar-refractivity contribution in [2.24, 2.45) is 0 Å². The van der Waals surface area contributed by atoms with Crippen LogP contribution >= 0.6 is 0 Å². The van der Waals surface area contributed by atoms with Crippen LogP contribution in [0.3, 0.4) is 0 Å². The third-order valence-corrected chi connectivity index (χ3v) is 5.18. The van der Waals surface area contributed by atoms with Crippen molar-refractivity contribution in [3.63, 3.8) is 0 Å². The Morgan fingerprint density at radius 3 is 2.95 bits per heavy atom. The minimum absolute atomic E-state index is 0.0470. The van der Waals surface area contributed by atoms with Gasteiger partial charge in [0.05, 0.1) is 42.4 Å². The van der Waals surface area contributed by atoms with Crippen molar-refractivity contribution < 1.29 is 13.2 Å². The normalized spacial score (nSPS) is 20.0. The summed E-state index contributed by atoms with van der Waals surface area (Å²) < 4.78 is 24.8. The molecule has 22 heavy (non-hydrogen) atoms. The van der Waals surface area contributed by atoms with Crippen LogP contribution in [0, 0.1) is 18.3 Å². The lowest BCUT2D eigenvalue weighted by atomic mass is 10.3. The van der Waals surface area contributed by atoms with Crippen LogP contribution in [0.15, 0.2) is 6.07 Å². The molecule has 0 bridgehead atoms. The molecular formula is C13H19N5O3S. The number of amides is 1. The number of aryl methyl sites for hydroxylation is 1. The van der Waals surface area contributed by atoms with Gasteiger partial charge in [0, 0.05) is 6.07 Å². The first kappa shape index (κ1) is 16.5. The minimum Gasteiger partial charge on any atom is -0.310 e. The molecule has 120 valence electrons. The molecule has 0 saturated carbocycles. The predicted octanol–water partition coefficient (Wildman–Crippen LogP) is -0.0550. The first-order chi connectivity index (χ1) is 10.3. The number of nitrogens with zero attached hydrogens (tertiary/aromatic N) is 4. The number of hydrogen-bond donors (Lipinski definition) is 1. The van der Waals surface area contributed by atoms with Crippen LogP contribution in [0.4, 0.5) is 5.82 Å².